The monoisotopic (exact) mass is 170 g/mol. The summed E-state index contributed by atoms with van der Waals surface area (Å²) in [6.07, 6.45) is 9.20. The summed E-state index contributed by atoms with van der Waals surface area (Å²) >= 11 is 0. The van der Waals surface area contributed by atoms with Crippen molar-refractivity contribution < 1.29 is 0 Å². The lowest BCUT2D eigenvalue weighted by Crippen LogP contribution is -2.01. The Labute approximate surface area is 79.1 Å². The third-order valence-electron chi connectivity index (χ3n) is 1.98. The van der Waals surface area contributed by atoms with Gasteiger partial charge in [0.15, 0.2) is 0 Å². The van der Waals surface area contributed by atoms with Crippen molar-refractivity contribution in [3.05, 3.63) is 12.7 Å². The lowest BCUT2D eigenvalue weighted by molar-refractivity contribution is 0.420. The average molecular weight is 170 g/mol. The highest BCUT2D eigenvalue weighted by Crippen LogP contribution is 2.23. The first-order chi connectivity index (χ1) is 5.93. The Morgan fingerprint density at radius 2 is 1.33 bits per heavy atom. The highest BCUT2D eigenvalue weighted by Gasteiger charge is 2.07. The van der Waals surface area contributed by atoms with Crippen molar-refractivity contribution in [3.63, 3.8) is 0 Å². The van der Waals surface area contributed by atoms with Crippen LogP contribution in [0.15, 0.2) is 12.7 Å². The molecular formula is C12H26. The van der Waals surface area contributed by atoms with Gasteiger partial charge in [0.2, 0.25) is 0 Å². The fraction of sp³-hybridized carbons (Fsp3) is 0.833. The summed E-state index contributed by atoms with van der Waals surface area (Å²) in [5, 5.41) is 0. The number of hydrogen-bond acceptors (Lipinski definition) is 0. The molecule has 0 aromatic carbocycles. The van der Waals surface area contributed by atoms with Crippen molar-refractivity contribution >= 4 is 0 Å². The topological polar surface area (TPSA) is 0 Å². The van der Waals surface area contributed by atoms with Crippen molar-refractivity contribution in [2.75, 3.05) is 0 Å². The Kier molecular flexibility index (Phi) is 15.9. The molecule has 1 rings (SSSR count). The molecule has 0 aliphatic heterocycles. The second-order valence-electron chi connectivity index (χ2n) is 2.63. The summed E-state index contributed by atoms with van der Waals surface area (Å²) in [6, 6.07) is 0. The molecule has 0 aromatic rings. The van der Waals surface area contributed by atoms with Crippen LogP contribution in [0.5, 0.6) is 0 Å². The van der Waals surface area contributed by atoms with Gasteiger partial charge in [0.25, 0.3) is 0 Å². The minimum Gasteiger partial charge on any atom is -0.103 e. The maximum Gasteiger partial charge on any atom is -0.0236 e. The van der Waals surface area contributed by atoms with Crippen LogP contribution in [0.3, 0.4) is 0 Å². The van der Waals surface area contributed by atoms with E-state index >= 15 is 0 Å². The first-order valence-corrected chi connectivity index (χ1v) is 5.56. The molecule has 74 valence electrons. The first kappa shape index (κ1) is 14.3. The van der Waals surface area contributed by atoms with Gasteiger partial charge in [-0.1, -0.05) is 53.0 Å². The van der Waals surface area contributed by atoms with Crippen molar-refractivity contribution in [2.45, 2.75) is 59.8 Å². The smallest absolute Gasteiger partial charge is 0.0236 e. The van der Waals surface area contributed by atoms with E-state index in [1.54, 1.807) is 0 Å². The van der Waals surface area contributed by atoms with E-state index in [1.165, 1.54) is 32.1 Å². The summed E-state index contributed by atoms with van der Waals surface area (Å²) in [6.45, 7) is 11.8. The summed E-state index contributed by atoms with van der Waals surface area (Å²) in [5.41, 5.74) is 0. The van der Waals surface area contributed by atoms with Gasteiger partial charge in [0, 0.05) is 0 Å². The third kappa shape index (κ3) is 7.84. The minimum atomic E-state index is 0.851. The lowest BCUT2D eigenvalue weighted by Gasteiger charge is -2.16. The molecule has 0 aromatic heterocycles. The summed E-state index contributed by atoms with van der Waals surface area (Å²) < 4.78 is 0. The number of rotatable bonds is 1. The van der Waals surface area contributed by atoms with Crippen LogP contribution in [0.2, 0.25) is 0 Å². The summed E-state index contributed by atoms with van der Waals surface area (Å²) in [4.78, 5) is 0. The second kappa shape index (κ2) is 13.3. The molecule has 0 atom stereocenters. The fourth-order valence-corrected chi connectivity index (χ4v) is 1.37. The molecule has 1 fully saturated rings. The van der Waals surface area contributed by atoms with E-state index < -0.39 is 0 Å². The van der Waals surface area contributed by atoms with Crippen LogP contribution in [-0.2, 0) is 0 Å². The largest absolute Gasteiger partial charge is 0.103 e. The van der Waals surface area contributed by atoms with Crippen molar-refractivity contribution in [2.24, 2.45) is 5.92 Å². The maximum atomic E-state index is 3.78. The van der Waals surface area contributed by atoms with E-state index in [1.807, 2.05) is 27.7 Å². The van der Waals surface area contributed by atoms with E-state index in [0.717, 1.165) is 5.92 Å². The quantitative estimate of drug-likeness (QED) is 0.496. The van der Waals surface area contributed by atoms with Crippen molar-refractivity contribution in [1.29, 1.82) is 0 Å². The number of hydrogen-bond donors (Lipinski definition) is 0. The molecule has 0 heterocycles. The summed E-state index contributed by atoms with van der Waals surface area (Å²) in [5.74, 6) is 0.851. The molecule has 0 spiro atoms. The van der Waals surface area contributed by atoms with Gasteiger partial charge in [0.05, 0.1) is 0 Å². The zero-order valence-corrected chi connectivity index (χ0v) is 9.40. The molecule has 0 bridgehead atoms. The van der Waals surface area contributed by atoms with Crippen LogP contribution in [0.1, 0.15) is 59.8 Å². The molecule has 0 amide bonds. The van der Waals surface area contributed by atoms with Gasteiger partial charge >= 0.3 is 0 Å². The van der Waals surface area contributed by atoms with Gasteiger partial charge in [-0.2, -0.15) is 0 Å². The molecular weight excluding hydrogens is 144 g/mol. The highest BCUT2D eigenvalue weighted by molar-refractivity contribution is 4.80. The first-order valence-electron chi connectivity index (χ1n) is 5.56. The molecule has 0 radical (unpaired) electrons. The zero-order chi connectivity index (χ0) is 9.82. The summed E-state index contributed by atoms with van der Waals surface area (Å²) in [7, 11) is 0. The third-order valence-corrected chi connectivity index (χ3v) is 1.98. The number of allylic oxidation sites excluding steroid dienone is 1. The van der Waals surface area contributed by atoms with E-state index in [4.69, 9.17) is 0 Å². The van der Waals surface area contributed by atoms with E-state index in [-0.39, 0.29) is 0 Å². The highest BCUT2D eigenvalue weighted by atomic mass is 14.1. The Hall–Kier alpha value is -0.260. The van der Waals surface area contributed by atoms with Gasteiger partial charge in [-0.3, -0.25) is 0 Å². The zero-order valence-electron chi connectivity index (χ0n) is 9.40. The molecule has 0 unspecified atom stereocenters. The Bertz CT molecular complexity index is 68.1. The normalized spacial score (nSPS) is 16.3. The molecule has 0 heteroatoms. The van der Waals surface area contributed by atoms with Crippen LogP contribution in [0, 0.1) is 5.92 Å². The fourth-order valence-electron chi connectivity index (χ4n) is 1.37. The van der Waals surface area contributed by atoms with Gasteiger partial charge < -0.3 is 0 Å². The van der Waals surface area contributed by atoms with Crippen LogP contribution >= 0.6 is 0 Å². The molecule has 0 saturated heterocycles. The maximum absolute atomic E-state index is 3.78. The van der Waals surface area contributed by atoms with Crippen molar-refractivity contribution in [1.82, 2.24) is 0 Å². The Morgan fingerprint density at radius 1 is 0.917 bits per heavy atom. The molecule has 1 aliphatic rings. The molecule has 1 aliphatic carbocycles. The molecule has 12 heavy (non-hydrogen) atoms. The van der Waals surface area contributed by atoms with Gasteiger partial charge in [-0.25, -0.2) is 0 Å². The van der Waals surface area contributed by atoms with Gasteiger partial charge in [-0.15, -0.1) is 6.58 Å². The molecule has 0 N–H and O–H groups in total. The SMILES string of the molecule is C=CC1CCCCC1.CC.CC. The van der Waals surface area contributed by atoms with Gasteiger partial charge in [0.1, 0.15) is 0 Å². The predicted molar refractivity (Wildman–Crippen MR) is 59.5 cm³/mol. The van der Waals surface area contributed by atoms with E-state index in [2.05, 4.69) is 12.7 Å². The van der Waals surface area contributed by atoms with Crippen LogP contribution in [0.4, 0.5) is 0 Å². The standard InChI is InChI=1S/C8H14.2C2H6/c1-2-8-6-4-3-5-7-8;2*1-2/h2,8H,1,3-7H2;2*1-2H3. The van der Waals surface area contributed by atoms with Crippen LogP contribution in [-0.4, -0.2) is 0 Å². The van der Waals surface area contributed by atoms with Gasteiger partial charge in [-0.05, 0) is 18.8 Å². The van der Waals surface area contributed by atoms with E-state index in [0.29, 0.717) is 0 Å². The van der Waals surface area contributed by atoms with E-state index in [9.17, 15) is 0 Å². The predicted octanol–water partition coefficient (Wildman–Crippen LogP) is 4.81. The Morgan fingerprint density at radius 3 is 1.58 bits per heavy atom. The molecule has 1 saturated carbocycles. The molecule has 0 nitrogen and oxygen atoms in total. The average Bonchev–Trinajstić information content (AvgIpc) is 2.25. The van der Waals surface area contributed by atoms with Crippen LogP contribution < -0.4 is 0 Å². The minimum absolute atomic E-state index is 0.851. The lowest BCUT2D eigenvalue weighted by atomic mass is 9.90. The van der Waals surface area contributed by atoms with Crippen molar-refractivity contribution in [3.8, 4) is 0 Å². The second-order valence-corrected chi connectivity index (χ2v) is 2.63. The van der Waals surface area contributed by atoms with Crippen LogP contribution in [0.25, 0.3) is 0 Å². The Balaban J connectivity index is 0.